The van der Waals surface area contributed by atoms with E-state index in [1.807, 2.05) is 12.1 Å². The average molecular weight is 395 g/mol. The van der Waals surface area contributed by atoms with Crippen molar-refractivity contribution in [1.29, 1.82) is 0 Å². The summed E-state index contributed by atoms with van der Waals surface area (Å²) in [5, 5.41) is 21.2. The maximum atomic E-state index is 12.2. The molecule has 0 radical (unpaired) electrons. The van der Waals surface area contributed by atoms with Gasteiger partial charge in [0.15, 0.2) is 0 Å². The van der Waals surface area contributed by atoms with Gasteiger partial charge in [0.1, 0.15) is 35.7 Å². The highest BCUT2D eigenvalue weighted by atomic mass is 31.1. The van der Waals surface area contributed by atoms with Gasteiger partial charge in [-0.15, -0.1) is 9.05 Å². The quantitative estimate of drug-likeness (QED) is 0.461. The van der Waals surface area contributed by atoms with E-state index in [2.05, 4.69) is 9.97 Å². The number of aromatic hydroxyl groups is 2. The molecule has 2 heterocycles. The Kier molecular flexibility index (Phi) is 5.12. The first-order valence-corrected chi connectivity index (χ1v) is 9.57. The van der Waals surface area contributed by atoms with Crippen LogP contribution in [0, 0.1) is 0 Å². The molecule has 0 saturated carbocycles. The van der Waals surface area contributed by atoms with Crippen LogP contribution >= 0.6 is 8.25 Å². The molecular formula is C20H16N2O5P+. The van der Waals surface area contributed by atoms with Crippen molar-refractivity contribution >= 4 is 30.1 Å². The third-order valence-corrected chi connectivity index (χ3v) is 5.01. The Morgan fingerprint density at radius 1 is 0.750 bits per heavy atom. The fraction of sp³-hybridized carbons (Fsp3) is 0.100. The van der Waals surface area contributed by atoms with Crippen molar-refractivity contribution in [3.8, 4) is 11.5 Å². The van der Waals surface area contributed by atoms with Gasteiger partial charge in [-0.2, -0.15) is 0 Å². The Morgan fingerprint density at radius 2 is 1.21 bits per heavy atom. The smallest absolute Gasteiger partial charge is 0.506 e. The van der Waals surface area contributed by atoms with Gasteiger partial charge in [-0.05, 0) is 35.4 Å². The molecule has 0 spiro atoms. The number of rotatable bonds is 6. The van der Waals surface area contributed by atoms with Crippen molar-refractivity contribution in [3.05, 3.63) is 72.1 Å². The summed E-state index contributed by atoms with van der Waals surface area (Å²) < 4.78 is 22.9. The molecular weight excluding hydrogens is 379 g/mol. The molecule has 0 aliphatic heterocycles. The van der Waals surface area contributed by atoms with E-state index in [1.165, 1.54) is 12.1 Å². The van der Waals surface area contributed by atoms with Crippen LogP contribution in [0.2, 0.25) is 0 Å². The monoisotopic (exact) mass is 395 g/mol. The highest BCUT2D eigenvalue weighted by Crippen LogP contribution is 2.33. The van der Waals surface area contributed by atoms with Crippen LogP contribution < -0.4 is 0 Å². The number of phenolic OH excluding ortho intramolecular Hbond substituents is 2. The minimum atomic E-state index is -2.37. The number of nitrogens with zero attached hydrogens (tertiary/aromatic N) is 2. The standard InChI is InChI=1S/C20H15N2O5P/c23-17-7-5-13(15-3-1-9-21-19(15)17)11-26-28(25)27-12-14-6-8-18(24)20-16(14)4-2-10-22-20/h1-10H,11-12H2,(H-,23,24)/p+1. The number of aromatic nitrogens is 2. The highest BCUT2D eigenvalue weighted by Gasteiger charge is 2.22. The summed E-state index contributed by atoms with van der Waals surface area (Å²) in [6, 6.07) is 13.6. The van der Waals surface area contributed by atoms with Gasteiger partial charge in [0, 0.05) is 27.7 Å². The fourth-order valence-electron chi connectivity index (χ4n) is 2.97. The zero-order chi connectivity index (χ0) is 19.5. The Balaban J connectivity index is 1.44. The van der Waals surface area contributed by atoms with Gasteiger partial charge in [0.25, 0.3) is 0 Å². The molecule has 2 aromatic carbocycles. The molecule has 28 heavy (non-hydrogen) atoms. The molecule has 0 atom stereocenters. The lowest BCUT2D eigenvalue weighted by atomic mass is 10.1. The predicted octanol–water partition coefficient (Wildman–Crippen LogP) is 4.59. The Bertz CT molecular complexity index is 1090. The van der Waals surface area contributed by atoms with Crippen LogP contribution in [0.1, 0.15) is 11.1 Å². The van der Waals surface area contributed by atoms with Crippen LogP contribution in [0.25, 0.3) is 21.8 Å². The topological polar surface area (TPSA) is 102 Å². The van der Waals surface area contributed by atoms with Crippen LogP contribution in [0.4, 0.5) is 0 Å². The van der Waals surface area contributed by atoms with Gasteiger partial charge in [0.05, 0.1) is 0 Å². The number of phenols is 2. The van der Waals surface area contributed by atoms with Crippen molar-refractivity contribution in [2.24, 2.45) is 0 Å². The van der Waals surface area contributed by atoms with Gasteiger partial charge >= 0.3 is 8.25 Å². The maximum absolute atomic E-state index is 12.2. The van der Waals surface area contributed by atoms with E-state index in [0.717, 1.165) is 21.9 Å². The van der Waals surface area contributed by atoms with Crippen molar-refractivity contribution < 1.29 is 23.8 Å². The predicted molar refractivity (Wildman–Crippen MR) is 104 cm³/mol. The number of hydrogen-bond donors (Lipinski definition) is 2. The van der Waals surface area contributed by atoms with E-state index >= 15 is 0 Å². The molecule has 4 aromatic rings. The molecule has 8 heteroatoms. The second-order valence-electron chi connectivity index (χ2n) is 6.06. The molecule has 0 fully saturated rings. The zero-order valence-electron chi connectivity index (χ0n) is 14.6. The second-order valence-corrected chi connectivity index (χ2v) is 7.02. The lowest BCUT2D eigenvalue weighted by Gasteiger charge is -2.05. The first-order valence-electron chi connectivity index (χ1n) is 8.48. The molecule has 0 amide bonds. The largest absolute Gasteiger partial charge is 0.698 e. The van der Waals surface area contributed by atoms with E-state index in [9.17, 15) is 14.8 Å². The van der Waals surface area contributed by atoms with E-state index in [1.54, 1.807) is 36.7 Å². The van der Waals surface area contributed by atoms with Crippen LogP contribution in [-0.4, -0.2) is 20.2 Å². The van der Waals surface area contributed by atoms with Gasteiger partial charge in [-0.3, -0.25) is 9.97 Å². The summed E-state index contributed by atoms with van der Waals surface area (Å²) >= 11 is 0. The maximum Gasteiger partial charge on any atom is 0.698 e. The minimum absolute atomic E-state index is 0.0511. The molecule has 140 valence electrons. The first kappa shape index (κ1) is 18.3. The number of fused-ring (bicyclic) bond motifs is 2. The Morgan fingerprint density at radius 3 is 1.68 bits per heavy atom. The average Bonchev–Trinajstić information content (AvgIpc) is 2.73. The highest BCUT2D eigenvalue weighted by molar-refractivity contribution is 7.33. The Hall–Kier alpha value is -3.12. The molecule has 2 N–H and O–H groups in total. The molecule has 4 rings (SSSR count). The van der Waals surface area contributed by atoms with Crippen LogP contribution in [0.3, 0.4) is 0 Å². The SMILES string of the molecule is O=[P+](OCc1ccc(O)c2ncccc12)OCc1ccc(O)c2ncccc12. The number of benzene rings is 2. The summed E-state index contributed by atoms with van der Waals surface area (Å²) in [6.45, 7) is 0.102. The molecule has 0 saturated heterocycles. The van der Waals surface area contributed by atoms with E-state index in [4.69, 9.17) is 9.05 Å². The number of pyridine rings is 2. The van der Waals surface area contributed by atoms with Gasteiger partial charge in [-0.25, -0.2) is 0 Å². The third kappa shape index (κ3) is 3.64. The van der Waals surface area contributed by atoms with Gasteiger partial charge in [-0.1, -0.05) is 24.3 Å². The van der Waals surface area contributed by atoms with E-state index in [-0.39, 0.29) is 24.7 Å². The summed E-state index contributed by atoms with van der Waals surface area (Å²) in [7, 11) is -2.37. The van der Waals surface area contributed by atoms with Crippen LogP contribution in [0.15, 0.2) is 60.9 Å². The van der Waals surface area contributed by atoms with E-state index < -0.39 is 8.25 Å². The Labute approximate surface area is 161 Å². The summed E-state index contributed by atoms with van der Waals surface area (Å²) in [5.41, 5.74) is 2.41. The molecule has 7 nitrogen and oxygen atoms in total. The second kappa shape index (κ2) is 7.86. The molecule has 2 aromatic heterocycles. The minimum Gasteiger partial charge on any atom is -0.506 e. The summed E-state index contributed by atoms with van der Waals surface area (Å²) in [6.07, 6.45) is 3.18. The fourth-order valence-corrected chi connectivity index (χ4v) is 3.53. The lowest BCUT2D eigenvalue weighted by molar-refractivity contribution is 0.214. The lowest BCUT2D eigenvalue weighted by Crippen LogP contribution is -1.93. The van der Waals surface area contributed by atoms with Gasteiger partial charge < -0.3 is 10.2 Å². The molecule has 0 aliphatic rings. The first-order chi connectivity index (χ1) is 13.6. The molecule has 0 bridgehead atoms. The summed E-state index contributed by atoms with van der Waals surface area (Å²) in [5.74, 6) is 0.153. The van der Waals surface area contributed by atoms with Gasteiger partial charge in [0.2, 0.25) is 0 Å². The summed E-state index contributed by atoms with van der Waals surface area (Å²) in [4.78, 5) is 8.29. The van der Waals surface area contributed by atoms with Crippen molar-refractivity contribution in [2.45, 2.75) is 13.2 Å². The zero-order valence-corrected chi connectivity index (χ0v) is 15.5. The van der Waals surface area contributed by atoms with Crippen molar-refractivity contribution in [3.63, 3.8) is 0 Å². The van der Waals surface area contributed by atoms with Crippen molar-refractivity contribution in [2.75, 3.05) is 0 Å². The molecule has 0 aliphatic carbocycles. The number of hydrogen-bond acceptors (Lipinski definition) is 7. The van der Waals surface area contributed by atoms with Crippen LogP contribution in [0.5, 0.6) is 11.5 Å². The van der Waals surface area contributed by atoms with Crippen molar-refractivity contribution in [1.82, 2.24) is 9.97 Å². The van der Waals surface area contributed by atoms with Crippen LogP contribution in [-0.2, 0) is 26.8 Å². The normalized spacial score (nSPS) is 11.1. The third-order valence-electron chi connectivity index (χ3n) is 4.33. The molecule has 0 unspecified atom stereocenters. The van der Waals surface area contributed by atoms with E-state index in [0.29, 0.717) is 11.0 Å².